The first kappa shape index (κ1) is 18.0. The van der Waals surface area contributed by atoms with Gasteiger partial charge in [0.1, 0.15) is 5.82 Å². The Morgan fingerprint density at radius 1 is 0.929 bits per heavy atom. The van der Waals surface area contributed by atoms with Gasteiger partial charge in [-0.25, -0.2) is 4.39 Å². The highest BCUT2D eigenvalue weighted by Gasteiger charge is 2.41. The first-order chi connectivity index (χ1) is 13.6. The number of carbonyl (C=O) groups excluding carboxylic acids is 1. The topological polar surface area (TPSA) is 40.5 Å². The van der Waals surface area contributed by atoms with Crippen LogP contribution in [0.4, 0.5) is 4.39 Å². The molecule has 1 atom stereocenters. The van der Waals surface area contributed by atoms with E-state index in [-0.39, 0.29) is 12.3 Å². The second-order valence-electron chi connectivity index (χ2n) is 6.97. The number of hydrogen-bond donors (Lipinski definition) is 1. The van der Waals surface area contributed by atoms with E-state index in [9.17, 15) is 14.3 Å². The molecular weight excluding hydrogens is 353 g/mol. The van der Waals surface area contributed by atoms with Gasteiger partial charge in [-0.2, -0.15) is 0 Å². The number of nitrogens with zero attached hydrogens (tertiary/aromatic N) is 1. The molecule has 0 aliphatic carbocycles. The third-order valence-electron chi connectivity index (χ3n) is 5.06. The van der Waals surface area contributed by atoms with Crippen molar-refractivity contribution in [2.45, 2.75) is 19.5 Å². The third kappa shape index (κ3) is 3.18. The van der Waals surface area contributed by atoms with Crippen LogP contribution in [0.2, 0.25) is 0 Å². The monoisotopic (exact) mass is 373 g/mol. The number of hydrogen-bond acceptors (Lipinski definition) is 2. The molecule has 0 saturated carbocycles. The molecule has 1 heterocycles. The van der Waals surface area contributed by atoms with Gasteiger partial charge in [0.15, 0.2) is 5.76 Å². The summed E-state index contributed by atoms with van der Waals surface area (Å²) in [5.41, 5.74) is 3.54. The Balaban J connectivity index is 1.83. The predicted molar refractivity (Wildman–Crippen MR) is 107 cm³/mol. The zero-order valence-electron chi connectivity index (χ0n) is 15.5. The number of rotatable bonds is 4. The van der Waals surface area contributed by atoms with E-state index in [1.807, 2.05) is 61.5 Å². The van der Waals surface area contributed by atoms with E-state index in [2.05, 4.69) is 0 Å². The van der Waals surface area contributed by atoms with Gasteiger partial charge in [-0.15, -0.1) is 0 Å². The van der Waals surface area contributed by atoms with Crippen LogP contribution in [0.25, 0.3) is 5.57 Å². The van der Waals surface area contributed by atoms with Crippen molar-refractivity contribution >= 4 is 11.5 Å². The summed E-state index contributed by atoms with van der Waals surface area (Å²) in [6, 6.07) is 22.7. The second-order valence-corrected chi connectivity index (χ2v) is 6.97. The normalized spacial score (nSPS) is 16.7. The van der Waals surface area contributed by atoms with E-state index >= 15 is 0 Å². The zero-order chi connectivity index (χ0) is 19.7. The van der Waals surface area contributed by atoms with Gasteiger partial charge in [0.25, 0.3) is 5.91 Å². The molecule has 1 amide bonds. The van der Waals surface area contributed by atoms with Crippen LogP contribution in [0.5, 0.6) is 0 Å². The van der Waals surface area contributed by atoms with E-state index < -0.39 is 17.8 Å². The minimum atomic E-state index is -0.697. The number of halogens is 1. The predicted octanol–water partition coefficient (Wildman–Crippen LogP) is 5.19. The van der Waals surface area contributed by atoms with Crippen molar-refractivity contribution in [2.24, 2.45) is 0 Å². The van der Waals surface area contributed by atoms with Gasteiger partial charge in [0, 0.05) is 17.7 Å². The minimum absolute atomic E-state index is 0.276. The van der Waals surface area contributed by atoms with Crippen molar-refractivity contribution in [1.82, 2.24) is 4.90 Å². The molecule has 0 fully saturated rings. The van der Waals surface area contributed by atoms with Gasteiger partial charge in [0.05, 0.1) is 6.04 Å². The summed E-state index contributed by atoms with van der Waals surface area (Å²) in [5, 5.41) is 10.7. The fourth-order valence-electron chi connectivity index (χ4n) is 3.64. The molecule has 0 aromatic heterocycles. The number of carbonyl (C=O) groups is 1. The summed E-state index contributed by atoms with van der Waals surface area (Å²) in [6.45, 7) is 2.27. The Kier molecular flexibility index (Phi) is 4.70. The molecule has 1 aliphatic heterocycles. The molecule has 0 saturated heterocycles. The standard InChI is InChI=1S/C24H20FNO2/c1-16-11-13-17(14-12-16)15-26-22(19-9-5-6-10-20(19)25)21(23(27)24(26)28)18-7-3-2-4-8-18/h2-14,22,27H,15H2,1H3. The van der Waals surface area contributed by atoms with Crippen LogP contribution in [0.1, 0.15) is 28.3 Å². The van der Waals surface area contributed by atoms with Gasteiger partial charge in [-0.3, -0.25) is 4.79 Å². The van der Waals surface area contributed by atoms with Crippen LogP contribution in [0, 0.1) is 12.7 Å². The summed E-state index contributed by atoms with van der Waals surface area (Å²) in [4.78, 5) is 14.5. The number of aliphatic hydroxyl groups excluding tert-OH is 1. The van der Waals surface area contributed by atoms with Crippen LogP contribution in [0.3, 0.4) is 0 Å². The van der Waals surface area contributed by atoms with Gasteiger partial charge in [-0.05, 0) is 24.1 Å². The maximum Gasteiger partial charge on any atom is 0.290 e. The largest absolute Gasteiger partial charge is 0.503 e. The number of amides is 1. The lowest BCUT2D eigenvalue weighted by Crippen LogP contribution is -2.30. The Bertz CT molecular complexity index is 1040. The molecular formula is C24H20FNO2. The van der Waals surface area contributed by atoms with Crippen LogP contribution in [-0.2, 0) is 11.3 Å². The summed E-state index contributed by atoms with van der Waals surface area (Å²) in [7, 11) is 0. The van der Waals surface area contributed by atoms with Crippen molar-refractivity contribution in [3.63, 3.8) is 0 Å². The fraction of sp³-hybridized carbons (Fsp3) is 0.125. The molecule has 3 aromatic carbocycles. The third-order valence-corrected chi connectivity index (χ3v) is 5.06. The van der Waals surface area contributed by atoms with Gasteiger partial charge in [-0.1, -0.05) is 78.4 Å². The second kappa shape index (κ2) is 7.31. The number of aryl methyl sites for hydroxylation is 1. The highest BCUT2D eigenvalue weighted by molar-refractivity contribution is 6.05. The van der Waals surface area contributed by atoms with Crippen molar-refractivity contribution in [2.75, 3.05) is 0 Å². The molecule has 0 bridgehead atoms. The Morgan fingerprint density at radius 2 is 1.57 bits per heavy atom. The molecule has 28 heavy (non-hydrogen) atoms. The molecule has 1 N–H and O–H groups in total. The first-order valence-electron chi connectivity index (χ1n) is 9.16. The maximum atomic E-state index is 14.7. The molecule has 0 radical (unpaired) electrons. The summed E-state index contributed by atoms with van der Waals surface area (Å²) in [5.74, 6) is -1.23. The van der Waals surface area contributed by atoms with Crippen molar-refractivity contribution < 1.29 is 14.3 Å². The molecule has 3 aromatic rings. The lowest BCUT2D eigenvalue weighted by atomic mass is 9.93. The van der Waals surface area contributed by atoms with Crippen LogP contribution in [0.15, 0.2) is 84.6 Å². The fourth-order valence-corrected chi connectivity index (χ4v) is 3.64. The van der Waals surface area contributed by atoms with Crippen molar-refractivity contribution in [3.05, 3.63) is 113 Å². The van der Waals surface area contributed by atoms with E-state index in [1.165, 1.54) is 11.0 Å². The smallest absolute Gasteiger partial charge is 0.290 e. The van der Waals surface area contributed by atoms with E-state index in [1.54, 1.807) is 18.2 Å². The molecule has 3 nitrogen and oxygen atoms in total. The number of benzene rings is 3. The van der Waals surface area contributed by atoms with Gasteiger partial charge < -0.3 is 10.0 Å². The van der Waals surface area contributed by atoms with Crippen LogP contribution < -0.4 is 0 Å². The first-order valence-corrected chi connectivity index (χ1v) is 9.16. The Labute approximate surface area is 163 Å². The highest BCUT2D eigenvalue weighted by Crippen LogP contribution is 2.44. The zero-order valence-corrected chi connectivity index (χ0v) is 15.5. The summed E-state index contributed by atoms with van der Waals surface area (Å²) < 4.78 is 14.7. The van der Waals surface area contributed by atoms with Crippen molar-refractivity contribution in [3.8, 4) is 0 Å². The Morgan fingerprint density at radius 3 is 2.25 bits per heavy atom. The summed E-state index contributed by atoms with van der Waals surface area (Å²) in [6.07, 6.45) is 0. The number of aliphatic hydroxyl groups is 1. The average Bonchev–Trinajstić information content (AvgIpc) is 2.95. The average molecular weight is 373 g/mol. The molecule has 140 valence electrons. The molecule has 0 spiro atoms. The SMILES string of the molecule is Cc1ccc(CN2C(=O)C(O)=C(c3ccccc3)C2c2ccccc2F)cc1. The van der Waals surface area contributed by atoms with Gasteiger partial charge >= 0.3 is 0 Å². The Hall–Kier alpha value is -3.40. The van der Waals surface area contributed by atoms with E-state index in [0.29, 0.717) is 16.7 Å². The molecule has 4 heteroatoms. The lowest BCUT2D eigenvalue weighted by molar-refractivity contribution is -0.130. The van der Waals surface area contributed by atoms with E-state index in [4.69, 9.17) is 0 Å². The van der Waals surface area contributed by atoms with Gasteiger partial charge in [0.2, 0.25) is 0 Å². The molecule has 1 unspecified atom stereocenters. The quantitative estimate of drug-likeness (QED) is 0.684. The maximum absolute atomic E-state index is 14.7. The summed E-state index contributed by atoms with van der Waals surface area (Å²) >= 11 is 0. The highest BCUT2D eigenvalue weighted by atomic mass is 19.1. The van der Waals surface area contributed by atoms with E-state index in [0.717, 1.165) is 11.1 Å². The lowest BCUT2D eigenvalue weighted by Gasteiger charge is -2.28. The van der Waals surface area contributed by atoms with Crippen molar-refractivity contribution in [1.29, 1.82) is 0 Å². The minimum Gasteiger partial charge on any atom is -0.503 e. The van der Waals surface area contributed by atoms with Crippen LogP contribution >= 0.6 is 0 Å². The van der Waals surface area contributed by atoms with Crippen LogP contribution in [-0.4, -0.2) is 15.9 Å². The molecule has 4 rings (SSSR count). The molecule has 1 aliphatic rings.